The van der Waals surface area contributed by atoms with Crippen molar-refractivity contribution in [2.75, 3.05) is 53.1 Å². The lowest BCUT2D eigenvalue weighted by Crippen LogP contribution is -2.47. The molecule has 0 bridgehead atoms. The fourth-order valence-electron chi connectivity index (χ4n) is 1.87. The average Bonchev–Trinajstić information content (AvgIpc) is 2.34. The van der Waals surface area contributed by atoms with Crippen LogP contribution in [-0.4, -0.2) is 68.8 Å². The second-order valence-corrected chi connectivity index (χ2v) is 4.05. The number of ether oxygens (including phenoxy) is 1. The van der Waals surface area contributed by atoms with E-state index in [2.05, 4.69) is 14.5 Å². The molecule has 0 N–H and O–H groups in total. The topological polar surface area (TPSA) is 32.8 Å². The van der Waals surface area contributed by atoms with Crippen LogP contribution in [0.3, 0.4) is 0 Å². The molecule has 0 aliphatic carbocycles. The summed E-state index contributed by atoms with van der Waals surface area (Å²) in [7, 11) is 1.41. The second-order valence-electron chi connectivity index (χ2n) is 4.05. The van der Waals surface area contributed by atoms with Crippen LogP contribution in [0.15, 0.2) is 0 Å². The Bertz CT molecular complexity index is 206. The smallest absolute Gasteiger partial charge is 0.306 e. The van der Waals surface area contributed by atoms with Crippen LogP contribution < -0.4 is 0 Å². The maximum absolute atomic E-state index is 12.0. The van der Waals surface area contributed by atoms with Gasteiger partial charge in [-0.2, -0.15) is 0 Å². The van der Waals surface area contributed by atoms with Crippen molar-refractivity contribution in [3.63, 3.8) is 0 Å². The summed E-state index contributed by atoms with van der Waals surface area (Å²) in [5, 5.41) is 0. The Balaban J connectivity index is 2.09. The Morgan fingerprint density at radius 3 is 2.25 bits per heavy atom. The predicted octanol–water partition coefficient (Wildman–Crippen LogP) is 0.527. The first kappa shape index (κ1) is 13.4. The highest BCUT2D eigenvalue weighted by atomic mass is 19.1. The third kappa shape index (κ3) is 4.90. The molecule has 1 saturated heterocycles. The van der Waals surface area contributed by atoms with Crippen LogP contribution in [0, 0.1) is 0 Å². The van der Waals surface area contributed by atoms with Gasteiger partial charge in [0.1, 0.15) is 0 Å². The minimum Gasteiger partial charge on any atom is -0.469 e. The van der Waals surface area contributed by atoms with Gasteiger partial charge in [-0.25, -0.2) is 0 Å². The summed E-state index contributed by atoms with van der Waals surface area (Å²) < 4.78 is 16.6. The van der Waals surface area contributed by atoms with Crippen molar-refractivity contribution in [1.82, 2.24) is 9.80 Å². The minimum atomic E-state index is -0.234. The Hall–Kier alpha value is -0.680. The zero-order valence-corrected chi connectivity index (χ0v) is 9.95. The minimum absolute atomic E-state index is 0.153. The van der Waals surface area contributed by atoms with Crippen molar-refractivity contribution in [2.45, 2.75) is 12.8 Å². The number of hydrogen-bond donors (Lipinski definition) is 0. The molecule has 0 aromatic heterocycles. The maximum Gasteiger partial charge on any atom is 0.306 e. The quantitative estimate of drug-likeness (QED) is 0.625. The first-order valence-electron chi connectivity index (χ1n) is 5.83. The van der Waals surface area contributed by atoms with E-state index < -0.39 is 0 Å². The molecule has 0 atom stereocenters. The molecule has 1 aliphatic rings. The zero-order chi connectivity index (χ0) is 11.8. The summed E-state index contributed by atoms with van der Waals surface area (Å²) in [5.41, 5.74) is 0. The lowest BCUT2D eigenvalue weighted by Gasteiger charge is -2.34. The van der Waals surface area contributed by atoms with E-state index in [1.165, 1.54) is 7.11 Å². The Morgan fingerprint density at radius 1 is 1.19 bits per heavy atom. The highest BCUT2D eigenvalue weighted by Gasteiger charge is 2.16. The van der Waals surface area contributed by atoms with E-state index in [0.29, 0.717) is 12.8 Å². The van der Waals surface area contributed by atoms with E-state index in [1.807, 2.05) is 0 Å². The van der Waals surface area contributed by atoms with Crippen LogP contribution in [0.2, 0.25) is 0 Å². The Labute approximate surface area is 96.3 Å². The van der Waals surface area contributed by atoms with Gasteiger partial charge in [0.2, 0.25) is 0 Å². The summed E-state index contributed by atoms with van der Waals surface area (Å²) in [5.74, 6) is -0.153. The third-order valence-electron chi connectivity index (χ3n) is 2.93. The molecular weight excluding hydrogens is 211 g/mol. The third-order valence-corrected chi connectivity index (χ3v) is 2.93. The Morgan fingerprint density at radius 2 is 1.75 bits per heavy atom. The molecule has 0 aromatic carbocycles. The van der Waals surface area contributed by atoms with Gasteiger partial charge in [0, 0.05) is 39.3 Å². The molecular formula is C11H21FN2O2. The number of nitrogens with zero attached hydrogens (tertiary/aromatic N) is 2. The summed E-state index contributed by atoms with van der Waals surface area (Å²) in [6, 6.07) is 0. The predicted molar refractivity (Wildman–Crippen MR) is 60.1 cm³/mol. The molecule has 16 heavy (non-hydrogen) atoms. The van der Waals surface area contributed by atoms with Crippen LogP contribution >= 0.6 is 0 Å². The van der Waals surface area contributed by atoms with Crippen LogP contribution in [0.5, 0.6) is 0 Å². The molecule has 1 rings (SSSR count). The molecule has 0 aromatic rings. The SMILES string of the molecule is COC(=O)CCN1CCN(CCCF)CC1. The van der Waals surface area contributed by atoms with E-state index in [9.17, 15) is 9.18 Å². The van der Waals surface area contributed by atoms with Crippen molar-refractivity contribution in [3.05, 3.63) is 0 Å². The van der Waals surface area contributed by atoms with Crippen LogP contribution in [0.4, 0.5) is 4.39 Å². The van der Waals surface area contributed by atoms with E-state index >= 15 is 0 Å². The first-order valence-corrected chi connectivity index (χ1v) is 5.83. The summed E-state index contributed by atoms with van der Waals surface area (Å²) in [4.78, 5) is 15.5. The largest absolute Gasteiger partial charge is 0.469 e. The summed E-state index contributed by atoms with van der Waals surface area (Å²) >= 11 is 0. The number of hydrogen-bond acceptors (Lipinski definition) is 4. The highest BCUT2D eigenvalue weighted by Crippen LogP contribution is 2.03. The normalized spacial score (nSPS) is 18.6. The molecule has 0 unspecified atom stereocenters. The fourth-order valence-corrected chi connectivity index (χ4v) is 1.87. The molecule has 94 valence electrons. The van der Waals surface area contributed by atoms with Gasteiger partial charge in [0.15, 0.2) is 0 Å². The van der Waals surface area contributed by atoms with Crippen LogP contribution in [0.1, 0.15) is 12.8 Å². The summed E-state index contributed by atoms with van der Waals surface area (Å²) in [6.07, 6.45) is 1.09. The molecule has 0 saturated carbocycles. The number of esters is 1. The standard InChI is InChI=1S/C11H21FN2O2/c1-16-11(15)3-6-14-9-7-13(8-10-14)5-2-4-12/h2-10H2,1H3. The maximum atomic E-state index is 12.0. The van der Waals surface area contributed by atoms with Crippen molar-refractivity contribution in [2.24, 2.45) is 0 Å². The van der Waals surface area contributed by atoms with Gasteiger partial charge in [0.25, 0.3) is 0 Å². The number of methoxy groups -OCH3 is 1. The molecule has 0 amide bonds. The van der Waals surface area contributed by atoms with E-state index in [1.54, 1.807) is 0 Å². The van der Waals surface area contributed by atoms with Crippen LogP contribution in [0.25, 0.3) is 0 Å². The second kappa shape index (κ2) is 7.57. The van der Waals surface area contributed by atoms with E-state index in [0.717, 1.165) is 39.3 Å². The van der Waals surface area contributed by atoms with Gasteiger partial charge in [-0.1, -0.05) is 0 Å². The average molecular weight is 232 g/mol. The Kier molecular flexibility index (Phi) is 6.33. The fraction of sp³-hybridized carbons (Fsp3) is 0.909. The van der Waals surface area contributed by atoms with Gasteiger partial charge >= 0.3 is 5.97 Å². The summed E-state index contributed by atoms with van der Waals surface area (Å²) in [6.45, 7) is 5.25. The van der Waals surface area contributed by atoms with Gasteiger partial charge in [-0.3, -0.25) is 9.18 Å². The molecule has 1 heterocycles. The number of rotatable bonds is 6. The molecule has 5 heteroatoms. The van der Waals surface area contributed by atoms with E-state index in [-0.39, 0.29) is 12.6 Å². The van der Waals surface area contributed by atoms with Gasteiger partial charge in [-0.15, -0.1) is 0 Å². The monoisotopic (exact) mass is 232 g/mol. The number of piperazine rings is 1. The first-order chi connectivity index (χ1) is 7.76. The van der Waals surface area contributed by atoms with Crippen molar-refractivity contribution in [3.8, 4) is 0 Å². The lowest BCUT2D eigenvalue weighted by molar-refractivity contribution is -0.141. The number of carbonyl (C=O) groups is 1. The van der Waals surface area contributed by atoms with Gasteiger partial charge in [0.05, 0.1) is 20.2 Å². The lowest BCUT2D eigenvalue weighted by atomic mass is 10.2. The number of carbonyl (C=O) groups excluding carboxylic acids is 1. The number of halogens is 1. The van der Waals surface area contributed by atoms with Crippen LogP contribution in [-0.2, 0) is 9.53 Å². The molecule has 1 fully saturated rings. The zero-order valence-electron chi connectivity index (χ0n) is 9.95. The molecule has 1 aliphatic heterocycles. The van der Waals surface area contributed by atoms with Gasteiger partial charge < -0.3 is 14.5 Å². The molecule has 0 spiro atoms. The van der Waals surface area contributed by atoms with Crippen molar-refractivity contribution < 1.29 is 13.9 Å². The van der Waals surface area contributed by atoms with E-state index in [4.69, 9.17) is 0 Å². The van der Waals surface area contributed by atoms with Gasteiger partial charge in [-0.05, 0) is 6.42 Å². The highest BCUT2D eigenvalue weighted by molar-refractivity contribution is 5.69. The van der Waals surface area contributed by atoms with Crippen molar-refractivity contribution >= 4 is 5.97 Å². The number of alkyl halides is 1. The van der Waals surface area contributed by atoms with Crippen molar-refractivity contribution in [1.29, 1.82) is 0 Å². The molecule has 0 radical (unpaired) electrons. The molecule has 4 nitrogen and oxygen atoms in total.